The minimum absolute atomic E-state index is 0. The number of aromatic nitrogens is 1. The third-order valence-corrected chi connectivity index (χ3v) is 2.15. The molecule has 0 amide bonds. The summed E-state index contributed by atoms with van der Waals surface area (Å²) in [6, 6.07) is 6.09. The van der Waals surface area contributed by atoms with Crippen molar-refractivity contribution in [3.8, 4) is 0 Å². The van der Waals surface area contributed by atoms with Crippen LogP contribution in [0.3, 0.4) is 0 Å². The van der Waals surface area contributed by atoms with Gasteiger partial charge in [-0.3, -0.25) is 4.98 Å². The summed E-state index contributed by atoms with van der Waals surface area (Å²) in [5, 5.41) is 0. The predicted octanol–water partition coefficient (Wildman–Crippen LogP) is 5.53. The fourth-order valence-electron chi connectivity index (χ4n) is 0.987. The smallest absolute Gasteiger partial charge is 0.0434 e. The standard InChI is InChI=1S/C10H15N.2C2H6.CH4/c1-8(2)9(3)10-6-4-5-7-11-10;2*1-2;/h4-9H,1-3H3;2*1-2H3;1H4/t9-;;;/m0.../s1. The monoisotopic (exact) mass is 225 g/mol. The Balaban J connectivity index is -0.000000305. The molecule has 0 radical (unpaired) electrons. The number of hydrogen-bond donors (Lipinski definition) is 0. The van der Waals surface area contributed by atoms with Gasteiger partial charge in [0, 0.05) is 17.8 Å². The summed E-state index contributed by atoms with van der Waals surface area (Å²) in [7, 11) is 0. The first-order chi connectivity index (χ1) is 7.22. The maximum absolute atomic E-state index is 4.30. The average Bonchev–Trinajstić information content (AvgIpc) is 2.34. The van der Waals surface area contributed by atoms with Gasteiger partial charge >= 0.3 is 0 Å². The average molecular weight is 225 g/mol. The molecule has 0 bridgehead atoms. The second-order valence-electron chi connectivity index (χ2n) is 3.29. The molecule has 0 unspecified atom stereocenters. The van der Waals surface area contributed by atoms with E-state index >= 15 is 0 Å². The Morgan fingerprint density at radius 3 is 1.75 bits per heavy atom. The molecule has 1 aromatic heterocycles. The molecule has 1 heteroatoms. The van der Waals surface area contributed by atoms with Crippen molar-refractivity contribution >= 4 is 0 Å². The van der Waals surface area contributed by atoms with Crippen LogP contribution in [0.15, 0.2) is 24.4 Å². The molecule has 0 aliphatic carbocycles. The number of pyridine rings is 1. The maximum atomic E-state index is 4.30. The van der Waals surface area contributed by atoms with Gasteiger partial charge in [-0.15, -0.1) is 0 Å². The molecule has 1 atom stereocenters. The minimum atomic E-state index is 0. The van der Waals surface area contributed by atoms with Gasteiger partial charge in [-0.05, 0) is 18.1 Å². The van der Waals surface area contributed by atoms with Gasteiger partial charge in [0.25, 0.3) is 0 Å². The van der Waals surface area contributed by atoms with E-state index in [0.717, 1.165) is 0 Å². The van der Waals surface area contributed by atoms with Crippen molar-refractivity contribution in [2.75, 3.05) is 0 Å². The minimum Gasteiger partial charge on any atom is -0.261 e. The van der Waals surface area contributed by atoms with Crippen LogP contribution in [0.2, 0.25) is 0 Å². The lowest BCUT2D eigenvalue weighted by Gasteiger charge is -2.13. The summed E-state index contributed by atoms with van der Waals surface area (Å²) < 4.78 is 0. The Hall–Kier alpha value is -0.850. The summed E-state index contributed by atoms with van der Waals surface area (Å²) in [6.45, 7) is 14.7. The first-order valence-corrected chi connectivity index (χ1v) is 6.12. The fraction of sp³-hybridized carbons (Fsp3) is 0.667. The van der Waals surface area contributed by atoms with Crippen molar-refractivity contribution in [2.45, 2.75) is 61.8 Å². The Kier molecular flexibility index (Phi) is 18.2. The highest BCUT2D eigenvalue weighted by molar-refractivity contribution is 5.08. The quantitative estimate of drug-likeness (QED) is 0.645. The molecule has 1 heterocycles. The van der Waals surface area contributed by atoms with Crippen molar-refractivity contribution in [3.05, 3.63) is 30.1 Å². The predicted molar refractivity (Wildman–Crippen MR) is 76.9 cm³/mol. The van der Waals surface area contributed by atoms with Crippen LogP contribution in [0.25, 0.3) is 0 Å². The number of rotatable bonds is 2. The van der Waals surface area contributed by atoms with E-state index in [4.69, 9.17) is 0 Å². The van der Waals surface area contributed by atoms with Crippen LogP contribution >= 0.6 is 0 Å². The second kappa shape index (κ2) is 14.2. The lowest BCUT2D eigenvalue weighted by molar-refractivity contribution is 0.523. The van der Waals surface area contributed by atoms with E-state index < -0.39 is 0 Å². The summed E-state index contributed by atoms with van der Waals surface area (Å²) in [5.41, 5.74) is 1.20. The topological polar surface area (TPSA) is 12.9 Å². The highest BCUT2D eigenvalue weighted by Gasteiger charge is 2.09. The second-order valence-corrected chi connectivity index (χ2v) is 3.29. The van der Waals surface area contributed by atoms with Crippen molar-refractivity contribution in [3.63, 3.8) is 0 Å². The molecular formula is C15H31N. The largest absolute Gasteiger partial charge is 0.261 e. The zero-order valence-corrected chi connectivity index (χ0v) is 11.4. The molecule has 0 saturated heterocycles. The Morgan fingerprint density at radius 1 is 0.938 bits per heavy atom. The SMILES string of the molecule is C.CC.CC.CC(C)[C@H](C)c1ccccn1. The van der Waals surface area contributed by atoms with Crippen LogP contribution < -0.4 is 0 Å². The third-order valence-electron chi connectivity index (χ3n) is 2.15. The third kappa shape index (κ3) is 8.46. The summed E-state index contributed by atoms with van der Waals surface area (Å²) in [6.07, 6.45) is 1.86. The van der Waals surface area contributed by atoms with E-state index in [0.29, 0.717) is 11.8 Å². The Bertz CT molecular complexity index is 204. The zero-order chi connectivity index (χ0) is 12.3. The maximum Gasteiger partial charge on any atom is 0.0434 e. The van der Waals surface area contributed by atoms with Crippen molar-refractivity contribution in [1.82, 2.24) is 4.98 Å². The van der Waals surface area contributed by atoms with E-state index in [9.17, 15) is 0 Å². The van der Waals surface area contributed by atoms with Gasteiger partial charge in [-0.2, -0.15) is 0 Å². The molecule has 1 rings (SSSR count). The molecule has 0 aliphatic rings. The van der Waals surface area contributed by atoms with Crippen molar-refractivity contribution in [2.24, 2.45) is 5.92 Å². The van der Waals surface area contributed by atoms with Gasteiger partial charge < -0.3 is 0 Å². The lowest BCUT2D eigenvalue weighted by Crippen LogP contribution is -2.03. The highest BCUT2D eigenvalue weighted by Crippen LogP contribution is 2.20. The van der Waals surface area contributed by atoms with Gasteiger partial charge in [-0.25, -0.2) is 0 Å². The fourth-order valence-corrected chi connectivity index (χ4v) is 0.987. The number of hydrogen-bond acceptors (Lipinski definition) is 1. The van der Waals surface area contributed by atoms with Crippen LogP contribution in [-0.4, -0.2) is 4.98 Å². The first-order valence-electron chi connectivity index (χ1n) is 6.12. The molecule has 0 spiro atoms. The summed E-state index contributed by atoms with van der Waals surface area (Å²) in [4.78, 5) is 4.30. The van der Waals surface area contributed by atoms with Crippen molar-refractivity contribution in [1.29, 1.82) is 0 Å². The molecule has 1 nitrogen and oxygen atoms in total. The van der Waals surface area contributed by atoms with E-state index in [1.807, 2.05) is 46.0 Å². The van der Waals surface area contributed by atoms with Gasteiger partial charge in [0.15, 0.2) is 0 Å². The lowest BCUT2D eigenvalue weighted by atomic mass is 9.94. The normalized spacial score (nSPS) is 10.0. The molecule has 0 N–H and O–H groups in total. The molecule has 96 valence electrons. The number of nitrogens with zero attached hydrogens (tertiary/aromatic N) is 1. The van der Waals surface area contributed by atoms with Crippen LogP contribution in [0.5, 0.6) is 0 Å². The van der Waals surface area contributed by atoms with Gasteiger partial charge in [-0.1, -0.05) is 62.0 Å². The van der Waals surface area contributed by atoms with Gasteiger partial charge in [0.05, 0.1) is 0 Å². The van der Waals surface area contributed by atoms with E-state index in [2.05, 4.69) is 31.8 Å². The molecule has 0 fully saturated rings. The summed E-state index contributed by atoms with van der Waals surface area (Å²) >= 11 is 0. The first kappa shape index (κ1) is 20.5. The van der Waals surface area contributed by atoms with Crippen LogP contribution in [0.4, 0.5) is 0 Å². The Labute approximate surface area is 103 Å². The highest BCUT2D eigenvalue weighted by atomic mass is 14.7. The van der Waals surface area contributed by atoms with E-state index in [1.165, 1.54) is 5.69 Å². The van der Waals surface area contributed by atoms with Gasteiger partial charge in [0.1, 0.15) is 0 Å². The molecule has 0 saturated carbocycles. The summed E-state index contributed by atoms with van der Waals surface area (Å²) in [5.74, 6) is 1.24. The van der Waals surface area contributed by atoms with E-state index in [-0.39, 0.29) is 7.43 Å². The van der Waals surface area contributed by atoms with Crippen LogP contribution in [-0.2, 0) is 0 Å². The Morgan fingerprint density at radius 2 is 1.44 bits per heavy atom. The molecule has 16 heavy (non-hydrogen) atoms. The molecular weight excluding hydrogens is 194 g/mol. The molecule has 0 aromatic carbocycles. The molecule has 0 aliphatic heterocycles. The van der Waals surface area contributed by atoms with Crippen molar-refractivity contribution < 1.29 is 0 Å². The van der Waals surface area contributed by atoms with Crippen LogP contribution in [0.1, 0.15) is 67.5 Å². The molecule has 1 aromatic rings. The van der Waals surface area contributed by atoms with Crippen LogP contribution in [0, 0.1) is 5.92 Å². The zero-order valence-electron chi connectivity index (χ0n) is 11.4. The van der Waals surface area contributed by atoms with E-state index in [1.54, 1.807) is 0 Å². The van der Waals surface area contributed by atoms with Gasteiger partial charge in [0.2, 0.25) is 0 Å².